The fourth-order valence-electron chi connectivity index (χ4n) is 14.5. The second kappa shape index (κ2) is 23.5. The largest absolute Gasteiger partial charge is 0.311 e. The van der Waals surface area contributed by atoms with E-state index in [0.717, 1.165) is 50.8 Å². The van der Waals surface area contributed by atoms with Gasteiger partial charge in [-0.3, -0.25) is 0 Å². The van der Waals surface area contributed by atoms with Crippen LogP contribution < -0.4 is 30.4 Å². The highest BCUT2D eigenvalue weighted by Crippen LogP contribution is 2.54. The Morgan fingerprint density at radius 2 is 0.716 bits per heavy atom. The summed E-state index contributed by atoms with van der Waals surface area (Å²) in [7, 11) is 0. The lowest BCUT2D eigenvalue weighted by atomic mass is 9.36. The maximum absolute atomic E-state index is 2.64. The van der Waals surface area contributed by atoms with E-state index in [1.54, 1.807) is 0 Å². The average Bonchev–Trinajstić information content (AvgIpc) is 1.68. The molecule has 0 spiro atoms. The first-order valence-electron chi connectivity index (χ1n) is 33.8. The molecule has 0 aliphatic carbocycles. The molecule has 0 unspecified atom stereocenters. The van der Waals surface area contributed by atoms with Crippen molar-refractivity contribution in [2.24, 2.45) is 0 Å². The summed E-state index contributed by atoms with van der Waals surface area (Å²) < 4.78 is 2.57. The molecule has 13 aromatic rings. The molecule has 0 saturated heterocycles. The summed E-state index contributed by atoms with van der Waals surface area (Å²) in [4.78, 5) is 7.81. The van der Waals surface area contributed by atoms with Crippen molar-refractivity contribution in [3.05, 3.63) is 301 Å². The molecule has 1 aromatic heterocycles. The summed E-state index contributed by atoms with van der Waals surface area (Å²) in [6.07, 6.45) is 0. The Morgan fingerprint density at radius 1 is 0.316 bits per heavy atom. The monoisotopic (exact) mass is 1250 g/mol. The lowest BCUT2D eigenvalue weighted by molar-refractivity contribution is 0.590. The van der Waals surface area contributed by atoms with Crippen LogP contribution in [-0.2, 0) is 21.7 Å². The summed E-state index contributed by atoms with van der Waals surface area (Å²) >= 11 is 1.96. The average molecular weight is 1250 g/mol. The minimum atomic E-state index is -0.190. The van der Waals surface area contributed by atoms with Crippen LogP contribution in [0.5, 0.6) is 0 Å². The molecule has 0 fully saturated rings. The number of fused-ring (bicyclic) bond motifs is 6. The highest BCUT2D eigenvalue weighted by atomic mass is 32.1. The first-order valence-corrected chi connectivity index (χ1v) is 34.6. The van der Waals surface area contributed by atoms with Crippen LogP contribution in [-0.4, -0.2) is 6.71 Å². The molecule has 0 radical (unpaired) electrons. The smallest absolute Gasteiger partial charge is 0.264 e. The molecule has 3 heterocycles. The number of thiophene rings is 1. The Balaban J connectivity index is 1.10. The van der Waals surface area contributed by atoms with E-state index >= 15 is 0 Å². The summed E-state index contributed by atoms with van der Waals surface area (Å²) in [5.74, 6) is 0. The van der Waals surface area contributed by atoms with Crippen molar-refractivity contribution >= 4 is 95.0 Å². The SMILES string of the molecule is CC(C)(C)c1ccc(N(c2ccc(C(C)(C)C)cc2)c2cc3c(cc2-c2ccccc2-c2ccccc2)B2c4sc5ccc(-c6ccccc6-c6ccccc6)cc5c4N(c4ccc(C(C)(C)C)cc4)c4cc(-c5ccccc5)cc(c42)N3c2ccc(C(C)(C)C)cc2)cc1. The second-order valence-electron chi connectivity index (χ2n) is 30.2. The summed E-state index contributed by atoms with van der Waals surface area (Å²) in [5.41, 5.74) is 29.6. The van der Waals surface area contributed by atoms with Crippen LogP contribution in [0, 0.1) is 0 Å². The predicted octanol–water partition coefficient (Wildman–Crippen LogP) is 24.0. The Labute approximate surface area is 567 Å². The third kappa shape index (κ3) is 11.2. The zero-order chi connectivity index (χ0) is 65.7. The number of hydrogen-bond acceptors (Lipinski definition) is 4. The first-order chi connectivity index (χ1) is 45.7. The fraction of sp³-hybridized carbons (Fsp3) is 0.178. The van der Waals surface area contributed by atoms with E-state index < -0.39 is 0 Å². The van der Waals surface area contributed by atoms with Crippen molar-refractivity contribution in [1.29, 1.82) is 0 Å². The molecule has 0 bridgehead atoms. The minimum Gasteiger partial charge on any atom is -0.311 e. The van der Waals surface area contributed by atoms with Crippen molar-refractivity contribution in [3.8, 4) is 55.6 Å². The van der Waals surface area contributed by atoms with Crippen molar-refractivity contribution in [2.45, 2.75) is 105 Å². The Hall–Kier alpha value is -9.94. The lowest BCUT2D eigenvalue weighted by Gasteiger charge is -2.44. The van der Waals surface area contributed by atoms with Gasteiger partial charge in [0.15, 0.2) is 0 Å². The van der Waals surface area contributed by atoms with Crippen molar-refractivity contribution in [3.63, 3.8) is 0 Å². The second-order valence-corrected chi connectivity index (χ2v) is 31.3. The highest BCUT2D eigenvalue weighted by Gasteiger charge is 2.47. The van der Waals surface area contributed by atoms with E-state index in [1.165, 1.54) is 104 Å². The topological polar surface area (TPSA) is 9.72 Å². The van der Waals surface area contributed by atoms with Gasteiger partial charge < -0.3 is 14.7 Å². The quantitative estimate of drug-likeness (QED) is 0.126. The van der Waals surface area contributed by atoms with Crippen molar-refractivity contribution < 1.29 is 0 Å². The number of anilines is 9. The van der Waals surface area contributed by atoms with Crippen LogP contribution in [0.2, 0.25) is 0 Å². The van der Waals surface area contributed by atoms with Crippen molar-refractivity contribution in [2.75, 3.05) is 14.7 Å². The summed E-state index contributed by atoms with van der Waals surface area (Å²) in [6, 6.07) is 106. The highest BCUT2D eigenvalue weighted by molar-refractivity contribution is 7.33. The van der Waals surface area contributed by atoms with Gasteiger partial charge in [0, 0.05) is 60.2 Å². The maximum Gasteiger partial charge on any atom is 0.264 e. The molecule has 3 nitrogen and oxygen atoms in total. The van der Waals surface area contributed by atoms with Crippen LogP contribution in [0.1, 0.15) is 105 Å². The van der Waals surface area contributed by atoms with Gasteiger partial charge >= 0.3 is 0 Å². The molecule has 466 valence electrons. The summed E-state index contributed by atoms with van der Waals surface area (Å²) in [6.45, 7) is 27.5. The van der Waals surface area contributed by atoms with E-state index in [9.17, 15) is 0 Å². The van der Waals surface area contributed by atoms with E-state index in [-0.39, 0.29) is 28.4 Å². The van der Waals surface area contributed by atoms with Gasteiger partial charge in [-0.1, -0.05) is 283 Å². The molecule has 95 heavy (non-hydrogen) atoms. The molecular weight excluding hydrogens is 1170 g/mol. The van der Waals surface area contributed by atoms with Gasteiger partial charge in [-0.2, -0.15) is 0 Å². The maximum atomic E-state index is 2.64. The molecule has 0 amide bonds. The minimum absolute atomic E-state index is 0.0387. The molecule has 12 aromatic carbocycles. The van der Waals surface area contributed by atoms with E-state index in [1.807, 2.05) is 11.3 Å². The van der Waals surface area contributed by atoms with Crippen LogP contribution in [0.3, 0.4) is 0 Å². The van der Waals surface area contributed by atoms with Gasteiger partial charge in [0.05, 0.1) is 11.4 Å². The van der Waals surface area contributed by atoms with Crippen LogP contribution in [0.25, 0.3) is 65.7 Å². The van der Waals surface area contributed by atoms with Gasteiger partial charge in [0.1, 0.15) is 0 Å². The van der Waals surface area contributed by atoms with Crippen molar-refractivity contribution in [1.82, 2.24) is 0 Å². The number of nitrogens with zero attached hydrogens (tertiary/aromatic N) is 3. The third-order valence-corrected chi connectivity index (χ3v) is 20.9. The van der Waals surface area contributed by atoms with Crippen LogP contribution in [0.15, 0.2) is 279 Å². The Bertz CT molecular complexity index is 4950. The number of hydrogen-bond donors (Lipinski definition) is 0. The standard InChI is InChI=1S/C90H82BN3S/c1-87(2,3)64-37-45-68(46-38-64)92(69-47-39-65(40-48-69)88(4,5)6)79-58-80-78(57-76(79)75-35-25-24-33-73(75)61-30-20-15-21-31-61)91-84-81(93(80)70-49-41-66(42-50-70)89(7,8)9)55-63(59-26-16-13-17-27-59)56-82(84)94(71-51-43-67(44-52-71)90(10,11)12)85-77-54-62(36-53-83(77)95-86(85)91)74-34-23-22-32-72(74)60-28-18-14-19-29-60/h13-58H,1-12H3. The number of rotatable bonds is 10. The normalized spacial score (nSPS) is 13.0. The molecular formula is C90H82BN3S. The van der Waals surface area contributed by atoms with Gasteiger partial charge in [-0.15, -0.1) is 11.3 Å². The molecule has 2 aliphatic rings. The molecule has 0 N–H and O–H groups in total. The molecule has 0 atom stereocenters. The Morgan fingerprint density at radius 3 is 1.19 bits per heavy atom. The van der Waals surface area contributed by atoms with E-state index in [0.29, 0.717) is 0 Å². The van der Waals surface area contributed by atoms with E-state index in [2.05, 4.69) is 377 Å². The van der Waals surface area contributed by atoms with Crippen LogP contribution in [0.4, 0.5) is 51.2 Å². The predicted molar refractivity (Wildman–Crippen MR) is 413 cm³/mol. The zero-order valence-corrected chi connectivity index (χ0v) is 57.7. The molecule has 2 aliphatic heterocycles. The molecule has 15 rings (SSSR count). The lowest BCUT2D eigenvalue weighted by Crippen LogP contribution is -2.60. The third-order valence-electron chi connectivity index (χ3n) is 19.7. The summed E-state index contributed by atoms with van der Waals surface area (Å²) in [5, 5.41) is 1.24. The van der Waals surface area contributed by atoms with Gasteiger partial charge in [0.2, 0.25) is 0 Å². The fourth-order valence-corrected chi connectivity index (χ4v) is 15.8. The zero-order valence-electron chi connectivity index (χ0n) is 56.9. The van der Waals surface area contributed by atoms with Gasteiger partial charge in [-0.25, -0.2) is 0 Å². The first kappa shape index (κ1) is 61.3. The van der Waals surface area contributed by atoms with Gasteiger partial charge in [-0.05, 0) is 184 Å². The molecule has 0 saturated carbocycles. The van der Waals surface area contributed by atoms with Crippen LogP contribution >= 0.6 is 11.3 Å². The Kier molecular flexibility index (Phi) is 15.2. The molecule has 5 heteroatoms. The number of benzene rings is 12. The van der Waals surface area contributed by atoms with E-state index in [4.69, 9.17) is 0 Å². The van der Waals surface area contributed by atoms with Gasteiger partial charge in [0.25, 0.3) is 6.71 Å².